The summed E-state index contributed by atoms with van der Waals surface area (Å²) in [4.78, 5) is 12.8. The zero-order valence-corrected chi connectivity index (χ0v) is 11.7. The highest BCUT2D eigenvalue weighted by atomic mass is 19.1. The molecule has 5 heteroatoms. The highest BCUT2D eigenvalue weighted by molar-refractivity contribution is 5.48. The summed E-state index contributed by atoms with van der Waals surface area (Å²) in [6.07, 6.45) is 2.49. The second-order valence-corrected chi connectivity index (χ2v) is 5.87. The predicted octanol–water partition coefficient (Wildman–Crippen LogP) is 2.19. The van der Waals surface area contributed by atoms with Gasteiger partial charge in [0.1, 0.15) is 0 Å². The number of para-hydroxylation sites is 1. The molecule has 2 unspecified atom stereocenters. The van der Waals surface area contributed by atoms with Gasteiger partial charge in [-0.05, 0) is 12.1 Å². The van der Waals surface area contributed by atoms with Crippen LogP contribution in [0.1, 0.15) is 0 Å². The molecule has 1 aromatic carbocycles. The maximum absolute atomic E-state index is 12.9. The Morgan fingerprint density at radius 3 is 2.05 bits per heavy atom. The number of anilines is 2. The third kappa shape index (κ3) is 2.33. The highest BCUT2D eigenvalue weighted by Crippen LogP contribution is 2.34. The Kier molecular flexibility index (Phi) is 2.98. The standard InChI is InChI=1S/C16H17FN4/c17-14-6-18-16(19-7-14)21-10-12-8-20(9-13(12)11-21)15-4-2-1-3-5-15/h1-7,12-13H,8-11H2. The van der Waals surface area contributed by atoms with Gasteiger partial charge < -0.3 is 9.80 Å². The Hall–Kier alpha value is -2.17. The first-order chi connectivity index (χ1) is 10.3. The Balaban J connectivity index is 1.45. The first kappa shape index (κ1) is 12.6. The number of hydrogen-bond acceptors (Lipinski definition) is 4. The van der Waals surface area contributed by atoms with Crippen molar-refractivity contribution in [3.05, 3.63) is 48.5 Å². The van der Waals surface area contributed by atoms with Gasteiger partial charge in [-0.25, -0.2) is 14.4 Å². The van der Waals surface area contributed by atoms with E-state index < -0.39 is 0 Å². The second kappa shape index (κ2) is 4.98. The molecule has 2 fully saturated rings. The van der Waals surface area contributed by atoms with Crippen LogP contribution >= 0.6 is 0 Å². The van der Waals surface area contributed by atoms with Gasteiger partial charge in [-0.2, -0.15) is 0 Å². The van der Waals surface area contributed by atoms with Gasteiger partial charge >= 0.3 is 0 Å². The molecule has 0 amide bonds. The fourth-order valence-electron chi connectivity index (χ4n) is 3.47. The summed E-state index contributed by atoms with van der Waals surface area (Å²) in [7, 11) is 0. The molecule has 1 aromatic heterocycles. The third-order valence-corrected chi connectivity index (χ3v) is 4.50. The lowest BCUT2D eigenvalue weighted by Crippen LogP contribution is -2.29. The van der Waals surface area contributed by atoms with Gasteiger partial charge in [-0.1, -0.05) is 18.2 Å². The van der Waals surface area contributed by atoms with Crippen LogP contribution in [0, 0.1) is 17.7 Å². The molecule has 2 aromatic rings. The Labute approximate surface area is 123 Å². The fraction of sp³-hybridized carbons (Fsp3) is 0.375. The van der Waals surface area contributed by atoms with Crippen LogP contribution in [-0.2, 0) is 0 Å². The van der Waals surface area contributed by atoms with Gasteiger partial charge in [-0.15, -0.1) is 0 Å². The topological polar surface area (TPSA) is 32.3 Å². The minimum Gasteiger partial charge on any atom is -0.371 e. The molecule has 0 aliphatic carbocycles. The number of halogens is 1. The minimum absolute atomic E-state index is 0.381. The van der Waals surface area contributed by atoms with Crippen LogP contribution in [0.2, 0.25) is 0 Å². The molecule has 2 aliphatic heterocycles. The maximum Gasteiger partial charge on any atom is 0.225 e. The van der Waals surface area contributed by atoms with Crippen molar-refractivity contribution in [3.8, 4) is 0 Å². The molecular formula is C16H17FN4. The summed E-state index contributed by atoms with van der Waals surface area (Å²) >= 11 is 0. The molecule has 0 spiro atoms. The second-order valence-electron chi connectivity index (χ2n) is 5.87. The van der Waals surface area contributed by atoms with Crippen molar-refractivity contribution in [1.82, 2.24) is 9.97 Å². The molecule has 4 rings (SSSR count). The first-order valence-electron chi connectivity index (χ1n) is 7.32. The summed E-state index contributed by atoms with van der Waals surface area (Å²) in [5.41, 5.74) is 1.30. The smallest absolute Gasteiger partial charge is 0.225 e. The quantitative estimate of drug-likeness (QED) is 0.846. The van der Waals surface area contributed by atoms with Crippen LogP contribution < -0.4 is 9.80 Å². The van der Waals surface area contributed by atoms with E-state index in [0.717, 1.165) is 26.2 Å². The van der Waals surface area contributed by atoms with E-state index >= 15 is 0 Å². The summed E-state index contributed by atoms with van der Waals surface area (Å²) in [5, 5.41) is 0. The van der Waals surface area contributed by atoms with Crippen molar-refractivity contribution in [2.24, 2.45) is 11.8 Å². The van der Waals surface area contributed by atoms with Crippen molar-refractivity contribution < 1.29 is 4.39 Å². The molecule has 4 nitrogen and oxygen atoms in total. The average molecular weight is 284 g/mol. The van der Waals surface area contributed by atoms with Gasteiger partial charge in [0.05, 0.1) is 12.4 Å². The molecule has 21 heavy (non-hydrogen) atoms. The van der Waals surface area contributed by atoms with Gasteiger partial charge in [-0.3, -0.25) is 0 Å². The number of benzene rings is 1. The zero-order valence-electron chi connectivity index (χ0n) is 11.7. The number of aromatic nitrogens is 2. The van der Waals surface area contributed by atoms with Gasteiger partial charge in [0, 0.05) is 43.7 Å². The monoisotopic (exact) mass is 284 g/mol. The number of hydrogen-bond donors (Lipinski definition) is 0. The lowest BCUT2D eigenvalue weighted by atomic mass is 10.0. The van der Waals surface area contributed by atoms with Crippen LogP contribution in [0.5, 0.6) is 0 Å². The fourth-order valence-corrected chi connectivity index (χ4v) is 3.47. The minimum atomic E-state index is -0.381. The van der Waals surface area contributed by atoms with E-state index in [-0.39, 0.29) is 5.82 Å². The average Bonchev–Trinajstić information content (AvgIpc) is 3.07. The van der Waals surface area contributed by atoms with E-state index in [1.54, 1.807) is 0 Å². The van der Waals surface area contributed by atoms with Crippen molar-refractivity contribution in [2.45, 2.75) is 0 Å². The Morgan fingerprint density at radius 2 is 1.43 bits per heavy atom. The van der Waals surface area contributed by atoms with Crippen LogP contribution in [0.25, 0.3) is 0 Å². The van der Waals surface area contributed by atoms with Gasteiger partial charge in [0.15, 0.2) is 5.82 Å². The van der Waals surface area contributed by atoms with E-state index in [9.17, 15) is 4.39 Å². The molecule has 3 heterocycles. The van der Waals surface area contributed by atoms with E-state index in [1.807, 2.05) is 6.07 Å². The van der Waals surface area contributed by atoms with E-state index in [0.29, 0.717) is 17.8 Å². The predicted molar refractivity (Wildman–Crippen MR) is 79.8 cm³/mol. The summed E-state index contributed by atoms with van der Waals surface area (Å²) < 4.78 is 12.9. The molecular weight excluding hydrogens is 267 g/mol. The maximum atomic E-state index is 12.9. The molecule has 0 bridgehead atoms. The zero-order chi connectivity index (χ0) is 14.2. The van der Waals surface area contributed by atoms with Crippen molar-refractivity contribution in [1.29, 1.82) is 0 Å². The van der Waals surface area contributed by atoms with Crippen molar-refractivity contribution >= 4 is 11.6 Å². The Morgan fingerprint density at radius 1 is 0.857 bits per heavy atom. The third-order valence-electron chi connectivity index (χ3n) is 4.50. The lowest BCUT2D eigenvalue weighted by Gasteiger charge is -2.23. The van der Waals surface area contributed by atoms with Crippen molar-refractivity contribution in [2.75, 3.05) is 36.0 Å². The lowest BCUT2D eigenvalue weighted by molar-refractivity contribution is 0.533. The SMILES string of the molecule is Fc1cnc(N2CC3CN(c4ccccc4)CC3C2)nc1. The number of fused-ring (bicyclic) bond motifs is 1. The molecule has 2 saturated heterocycles. The number of rotatable bonds is 2. The first-order valence-corrected chi connectivity index (χ1v) is 7.32. The van der Waals surface area contributed by atoms with Gasteiger partial charge in [0.2, 0.25) is 5.95 Å². The molecule has 0 N–H and O–H groups in total. The molecule has 0 radical (unpaired) electrons. The van der Waals surface area contributed by atoms with Crippen LogP contribution in [0.3, 0.4) is 0 Å². The van der Waals surface area contributed by atoms with Gasteiger partial charge in [0.25, 0.3) is 0 Å². The van der Waals surface area contributed by atoms with Crippen molar-refractivity contribution in [3.63, 3.8) is 0 Å². The molecule has 2 aliphatic rings. The van der Waals surface area contributed by atoms with Crippen LogP contribution in [-0.4, -0.2) is 36.1 Å². The molecule has 108 valence electrons. The molecule has 0 saturated carbocycles. The summed E-state index contributed by atoms with van der Waals surface area (Å²) in [6, 6.07) is 10.6. The van der Waals surface area contributed by atoms with Crippen LogP contribution in [0.15, 0.2) is 42.7 Å². The highest BCUT2D eigenvalue weighted by Gasteiger charge is 2.40. The summed E-state index contributed by atoms with van der Waals surface area (Å²) in [5.74, 6) is 1.54. The Bertz CT molecular complexity index is 602. The summed E-state index contributed by atoms with van der Waals surface area (Å²) in [6.45, 7) is 4.07. The molecule has 2 atom stereocenters. The van der Waals surface area contributed by atoms with E-state index in [4.69, 9.17) is 0 Å². The largest absolute Gasteiger partial charge is 0.371 e. The normalized spacial score (nSPS) is 24.4. The number of nitrogens with zero attached hydrogens (tertiary/aromatic N) is 4. The van der Waals surface area contributed by atoms with E-state index in [1.165, 1.54) is 18.1 Å². The van der Waals surface area contributed by atoms with E-state index in [2.05, 4.69) is 44.0 Å². The van der Waals surface area contributed by atoms with Crippen LogP contribution in [0.4, 0.5) is 16.0 Å².